The minimum Gasteiger partial charge on any atom is -0.346 e. The molecule has 0 unspecified atom stereocenters. The van der Waals surface area contributed by atoms with Gasteiger partial charge in [0.1, 0.15) is 6.33 Å². The van der Waals surface area contributed by atoms with Gasteiger partial charge in [-0.2, -0.15) is 0 Å². The molecule has 1 N–H and O–H groups in total. The second-order valence-electron chi connectivity index (χ2n) is 5.50. The third-order valence-electron chi connectivity index (χ3n) is 3.92. The lowest BCUT2D eigenvalue weighted by atomic mass is 10.1. The first-order chi connectivity index (χ1) is 10.1. The van der Waals surface area contributed by atoms with Gasteiger partial charge in [0.15, 0.2) is 5.82 Å². The van der Waals surface area contributed by atoms with Gasteiger partial charge in [-0.25, -0.2) is 0 Å². The van der Waals surface area contributed by atoms with Crippen molar-refractivity contribution in [3.05, 3.63) is 46.5 Å². The lowest BCUT2D eigenvalue weighted by molar-refractivity contribution is -0.123. The fourth-order valence-electron chi connectivity index (χ4n) is 2.67. The average Bonchev–Trinajstić information content (AvgIpc) is 3.13. The first kappa shape index (κ1) is 14.3. The smallest absolute Gasteiger partial charge is 0.224 e. The highest BCUT2D eigenvalue weighted by Gasteiger charge is 2.45. The van der Waals surface area contributed by atoms with Crippen molar-refractivity contribution < 1.29 is 4.79 Å². The van der Waals surface area contributed by atoms with Gasteiger partial charge in [-0.05, 0) is 30.9 Å². The van der Waals surface area contributed by atoms with Crippen LogP contribution < -0.4 is 5.32 Å². The second-order valence-corrected chi connectivity index (χ2v) is 6.35. The van der Waals surface area contributed by atoms with Gasteiger partial charge in [0.05, 0.1) is 6.04 Å². The van der Waals surface area contributed by atoms with Crippen LogP contribution in [0.3, 0.4) is 0 Å². The van der Waals surface area contributed by atoms with Crippen LogP contribution >= 0.6 is 15.9 Å². The first-order valence-corrected chi connectivity index (χ1v) is 7.76. The fraction of sp³-hybridized carbons (Fsp3) is 0.400. The lowest BCUT2D eigenvalue weighted by Gasteiger charge is -2.13. The Bertz CT molecular complexity index is 669. The van der Waals surface area contributed by atoms with Crippen LogP contribution in [0.5, 0.6) is 0 Å². The van der Waals surface area contributed by atoms with Crippen LogP contribution in [0, 0.1) is 5.92 Å². The molecule has 0 aliphatic heterocycles. The van der Waals surface area contributed by atoms with E-state index < -0.39 is 0 Å². The largest absolute Gasteiger partial charge is 0.346 e. The Labute approximate surface area is 131 Å². The summed E-state index contributed by atoms with van der Waals surface area (Å²) in [5.74, 6) is 1.22. The Balaban J connectivity index is 1.63. The zero-order valence-corrected chi connectivity index (χ0v) is 13.5. The van der Waals surface area contributed by atoms with Gasteiger partial charge in [0.25, 0.3) is 0 Å². The van der Waals surface area contributed by atoms with E-state index in [2.05, 4.69) is 37.5 Å². The van der Waals surface area contributed by atoms with E-state index in [1.165, 1.54) is 5.56 Å². The van der Waals surface area contributed by atoms with E-state index in [0.717, 1.165) is 16.7 Å². The summed E-state index contributed by atoms with van der Waals surface area (Å²) in [6.45, 7) is 1.93. The number of carbonyl (C=O) groups is 1. The molecule has 1 fully saturated rings. The maximum Gasteiger partial charge on any atom is 0.224 e. The Morgan fingerprint density at radius 2 is 2.24 bits per heavy atom. The number of benzene rings is 1. The van der Waals surface area contributed by atoms with Gasteiger partial charge in [0, 0.05) is 17.4 Å². The summed E-state index contributed by atoms with van der Waals surface area (Å²) >= 11 is 3.55. The number of halogens is 1. The van der Waals surface area contributed by atoms with Crippen molar-refractivity contribution in [3.8, 4) is 0 Å². The van der Waals surface area contributed by atoms with Crippen LogP contribution in [-0.2, 0) is 11.8 Å². The molecule has 3 atom stereocenters. The summed E-state index contributed by atoms with van der Waals surface area (Å²) in [5.41, 5.74) is 1.21. The molecule has 110 valence electrons. The third-order valence-corrected chi connectivity index (χ3v) is 4.65. The molecule has 6 heteroatoms. The number of aromatic nitrogens is 3. The highest BCUT2D eigenvalue weighted by Crippen LogP contribution is 2.49. The van der Waals surface area contributed by atoms with Gasteiger partial charge >= 0.3 is 0 Å². The van der Waals surface area contributed by atoms with Crippen molar-refractivity contribution in [1.82, 2.24) is 20.1 Å². The SMILES string of the molecule is C[C@H](NC(=O)[C@@H]1C[C@H]1c1ccccc1Br)c1nncn1C. The molecule has 2 aromatic rings. The summed E-state index contributed by atoms with van der Waals surface area (Å²) in [6, 6.07) is 7.96. The van der Waals surface area contributed by atoms with Crippen LogP contribution in [0.4, 0.5) is 0 Å². The minimum absolute atomic E-state index is 0.0550. The van der Waals surface area contributed by atoms with E-state index in [9.17, 15) is 4.79 Å². The minimum atomic E-state index is -0.134. The van der Waals surface area contributed by atoms with Crippen molar-refractivity contribution in [2.75, 3.05) is 0 Å². The predicted octanol–water partition coefficient (Wildman–Crippen LogP) is 2.56. The Hall–Kier alpha value is -1.69. The normalized spacial score (nSPS) is 21.9. The van der Waals surface area contributed by atoms with Gasteiger partial charge in [-0.3, -0.25) is 4.79 Å². The number of amides is 1. The fourth-order valence-corrected chi connectivity index (χ4v) is 3.25. The molecule has 21 heavy (non-hydrogen) atoms. The molecule has 0 radical (unpaired) electrons. The molecule has 1 saturated carbocycles. The van der Waals surface area contributed by atoms with Crippen LogP contribution in [0.25, 0.3) is 0 Å². The molecule has 1 aromatic carbocycles. The standard InChI is InChI=1S/C15H17BrN4O/c1-9(14-19-17-8-20(14)2)18-15(21)12-7-11(12)10-5-3-4-6-13(10)16/h3-6,8-9,11-12H,7H2,1-2H3,(H,18,21)/t9-,11-,12+/m0/s1. The summed E-state index contributed by atoms with van der Waals surface area (Å²) in [6.07, 6.45) is 2.54. The third kappa shape index (κ3) is 2.85. The quantitative estimate of drug-likeness (QED) is 0.923. The maximum atomic E-state index is 12.3. The molecular weight excluding hydrogens is 332 g/mol. The van der Waals surface area contributed by atoms with Crippen molar-refractivity contribution in [3.63, 3.8) is 0 Å². The molecule has 1 aromatic heterocycles. The number of hydrogen-bond acceptors (Lipinski definition) is 3. The van der Waals surface area contributed by atoms with Crippen LogP contribution in [0.2, 0.25) is 0 Å². The highest BCUT2D eigenvalue weighted by molar-refractivity contribution is 9.10. The number of hydrogen-bond donors (Lipinski definition) is 1. The molecule has 0 bridgehead atoms. The number of aryl methyl sites for hydroxylation is 1. The molecule has 1 aliphatic rings. The van der Waals surface area contributed by atoms with E-state index in [1.807, 2.05) is 36.7 Å². The summed E-state index contributed by atoms with van der Waals surface area (Å²) < 4.78 is 2.90. The van der Waals surface area contributed by atoms with Gasteiger partial charge < -0.3 is 9.88 Å². The summed E-state index contributed by atoms with van der Waals surface area (Å²) in [5, 5.41) is 10.9. The number of nitrogens with one attached hydrogen (secondary N) is 1. The zero-order chi connectivity index (χ0) is 15.0. The van der Waals surface area contributed by atoms with Crippen LogP contribution in [0.15, 0.2) is 35.1 Å². The topological polar surface area (TPSA) is 59.8 Å². The Kier molecular flexibility index (Phi) is 3.80. The van der Waals surface area contributed by atoms with Crippen LogP contribution in [-0.4, -0.2) is 20.7 Å². The molecule has 3 rings (SSSR count). The van der Waals surface area contributed by atoms with Crippen molar-refractivity contribution in [2.45, 2.75) is 25.3 Å². The molecule has 1 amide bonds. The van der Waals surface area contributed by atoms with Gasteiger partial charge in [-0.1, -0.05) is 34.1 Å². The molecule has 0 saturated heterocycles. The predicted molar refractivity (Wildman–Crippen MR) is 82.6 cm³/mol. The van der Waals surface area contributed by atoms with Crippen molar-refractivity contribution in [1.29, 1.82) is 0 Å². The number of rotatable bonds is 4. The molecule has 1 heterocycles. The van der Waals surface area contributed by atoms with E-state index >= 15 is 0 Å². The van der Waals surface area contributed by atoms with Gasteiger partial charge in [0.2, 0.25) is 5.91 Å². The zero-order valence-electron chi connectivity index (χ0n) is 12.0. The van der Waals surface area contributed by atoms with E-state index in [0.29, 0.717) is 5.92 Å². The van der Waals surface area contributed by atoms with E-state index in [-0.39, 0.29) is 17.9 Å². The Morgan fingerprint density at radius 3 is 2.90 bits per heavy atom. The lowest BCUT2D eigenvalue weighted by Crippen LogP contribution is -2.30. The molecule has 0 spiro atoms. The van der Waals surface area contributed by atoms with Crippen molar-refractivity contribution >= 4 is 21.8 Å². The van der Waals surface area contributed by atoms with E-state index in [4.69, 9.17) is 0 Å². The second kappa shape index (κ2) is 5.60. The number of nitrogens with zero attached hydrogens (tertiary/aromatic N) is 3. The molecular formula is C15H17BrN4O. The summed E-state index contributed by atoms with van der Waals surface area (Å²) in [7, 11) is 1.87. The van der Waals surface area contributed by atoms with Gasteiger partial charge in [-0.15, -0.1) is 10.2 Å². The van der Waals surface area contributed by atoms with Crippen molar-refractivity contribution in [2.24, 2.45) is 13.0 Å². The number of carbonyl (C=O) groups excluding carboxylic acids is 1. The first-order valence-electron chi connectivity index (χ1n) is 6.96. The van der Waals surface area contributed by atoms with Crippen LogP contribution in [0.1, 0.15) is 36.7 Å². The average molecular weight is 349 g/mol. The van der Waals surface area contributed by atoms with E-state index in [1.54, 1.807) is 6.33 Å². The Morgan fingerprint density at radius 1 is 1.48 bits per heavy atom. The molecule has 1 aliphatic carbocycles. The molecule has 5 nitrogen and oxygen atoms in total. The summed E-state index contributed by atoms with van der Waals surface area (Å²) in [4.78, 5) is 12.3. The highest BCUT2D eigenvalue weighted by atomic mass is 79.9. The maximum absolute atomic E-state index is 12.3. The monoisotopic (exact) mass is 348 g/mol.